The van der Waals surface area contributed by atoms with Crippen molar-refractivity contribution in [2.75, 3.05) is 6.61 Å². The molecule has 0 spiro atoms. The number of halogens is 3. The molecule has 0 aliphatic rings. The molecule has 0 heterocycles. The summed E-state index contributed by atoms with van der Waals surface area (Å²) in [7, 11) is 0. The molecule has 26 heavy (non-hydrogen) atoms. The van der Waals surface area contributed by atoms with Gasteiger partial charge < -0.3 is 19.9 Å². The highest BCUT2D eigenvalue weighted by Crippen LogP contribution is 2.22. The van der Waals surface area contributed by atoms with Crippen LogP contribution in [-0.2, 0) is 20.7 Å². The lowest BCUT2D eigenvalue weighted by Gasteiger charge is -2.21. The quantitative estimate of drug-likeness (QED) is 0.728. The maximum Gasteiger partial charge on any atom is 0.573 e. The smallest absolute Gasteiger partial charge is 0.480 e. The monoisotopic (exact) mass is 377 g/mol. The molecule has 1 atom stereocenters. The van der Waals surface area contributed by atoms with E-state index in [1.54, 1.807) is 0 Å². The van der Waals surface area contributed by atoms with Crippen LogP contribution in [-0.4, -0.2) is 41.6 Å². The molecule has 146 valence electrons. The van der Waals surface area contributed by atoms with E-state index in [9.17, 15) is 22.8 Å². The summed E-state index contributed by atoms with van der Waals surface area (Å²) in [6.07, 6.45) is -4.87. The van der Waals surface area contributed by atoms with Crippen LogP contribution in [0.1, 0.15) is 32.8 Å². The number of amides is 1. The molecule has 0 fully saturated rings. The van der Waals surface area contributed by atoms with Crippen molar-refractivity contribution in [3.05, 3.63) is 29.8 Å². The number of hydrogen-bond donors (Lipinski definition) is 2. The van der Waals surface area contributed by atoms with Crippen LogP contribution in [0.4, 0.5) is 13.2 Å². The third-order valence-corrected chi connectivity index (χ3v) is 3.10. The Kier molecular flexibility index (Phi) is 7.43. The molecule has 0 aliphatic heterocycles. The summed E-state index contributed by atoms with van der Waals surface area (Å²) >= 11 is 0. The van der Waals surface area contributed by atoms with Gasteiger partial charge in [-0.3, -0.25) is 4.79 Å². The highest BCUT2D eigenvalue weighted by atomic mass is 19.4. The van der Waals surface area contributed by atoms with Crippen molar-refractivity contribution in [1.82, 2.24) is 5.32 Å². The second kappa shape index (κ2) is 8.88. The van der Waals surface area contributed by atoms with Crippen molar-refractivity contribution in [2.24, 2.45) is 0 Å². The Morgan fingerprint density at radius 2 is 1.73 bits per heavy atom. The van der Waals surface area contributed by atoms with Gasteiger partial charge >= 0.3 is 12.3 Å². The first kappa shape index (κ1) is 21.8. The van der Waals surface area contributed by atoms with Crippen molar-refractivity contribution >= 4 is 11.9 Å². The Morgan fingerprint density at radius 3 is 2.19 bits per heavy atom. The van der Waals surface area contributed by atoms with E-state index < -0.39 is 35.6 Å². The van der Waals surface area contributed by atoms with Crippen molar-refractivity contribution in [2.45, 2.75) is 51.6 Å². The summed E-state index contributed by atoms with van der Waals surface area (Å²) in [6.45, 7) is 5.64. The van der Waals surface area contributed by atoms with Crippen molar-refractivity contribution in [3.63, 3.8) is 0 Å². The number of carbonyl (C=O) groups is 2. The number of carboxylic acids is 1. The summed E-state index contributed by atoms with van der Waals surface area (Å²) in [5.74, 6) is -2.15. The zero-order chi connectivity index (χ0) is 20.0. The van der Waals surface area contributed by atoms with Crippen LogP contribution < -0.4 is 10.1 Å². The molecular formula is C17H22F3NO5. The predicted octanol–water partition coefficient (Wildman–Crippen LogP) is 2.90. The van der Waals surface area contributed by atoms with E-state index in [1.807, 2.05) is 20.8 Å². The third-order valence-electron chi connectivity index (χ3n) is 3.10. The lowest BCUT2D eigenvalue weighted by molar-refractivity contribution is -0.274. The molecule has 0 radical (unpaired) electrons. The first-order valence-electron chi connectivity index (χ1n) is 7.86. The van der Waals surface area contributed by atoms with Crippen molar-refractivity contribution in [1.29, 1.82) is 0 Å². The maximum atomic E-state index is 12.1. The highest BCUT2D eigenvalue weighted by molar-refractivity contribution is 5.84. The average molecular weight is 377 g/mol. The summed E-state index contributed by atoms with van der Waals surface area (Å²) in [5.41, 5.74) is -0.0000742. The van der Waals surface area contributed by atoms with Crippen molar-refractivity contribution < 1.29 is 37.3 Å². The van der Waals surface area contributed by atoms with Gasteiger partial charge in [0, 0.05) is 13.0 Å². The molecule has 0 aliphatic carbocycles. The van der Waals surface area contributed by atoms with Crippen LogP contribution in [0.5, 0.6) is 5.75 Å². The Balaban J connectivity index is 2.55. The van der Waals surface area contributed by atoms with Crippen LogP contribution in [0.2, 0.25) is 0 Å². The standard InChI is InChI=1S/C17H22F3NO5/c1-16(2,3)25-9-8-13(15(23)24)21-14(22)10-11-4-6-12(7-5-11)26-17(18,19)20/h4-7,13H,8-10H2,1-3H3,(H,21,22)(H,23,24). The van der Waals surface area contributed by atoms with Gasteiger partial charge in [-0.2, -0.15) is 0 Å². The number of rotatable bonds is 8. The Bertz CT molecular complexity index is 608. The molecule has 1 amide bonds. The van der Waals surface area contributed by atoms with Crippen LogP contribution >= 0.6 is 0 Å². The van der Waals surface area contributed by atoms with E-state index in [1.165, 1.54) is 12.1 Å². The van der Waals surface area contributed by atoms with E-state index >= 15 is 0 Å². The fraction of sp³-hybridized carbons (Fsp3) is 0.529. The van der Waals surface area contributed by atoms with Gasteiger partial charge in [0.25, 0.3) is 0 Å². The summed E-state index contributed by atoms with van der Waals surface area (Å²) < 4.78 is 45.5. The first-order chi connectivity index (χ1) is 11.9. The topological polar surface area (TPSA) is 84.9 Å². The molecule has 0 saturated carbocycles. The van der Waals surface area contributed by atoms with E-state index in [-0.39, 0.29) is 19.4 Å². The minimum Gasteiger partial charge on any atom is -0.480 e. The first-order valence-corrected chi connectivity index (χ1v) is 7.86. The maximum absolute atomic E-state index is 12.1. The SMILES string of the molecule is CC(C)(C)OCCC(NC(=O)Cc1ccc(OC(F)(F)F)cc1)C(=O)O. The lowest BCUT2D eigenvalue weighted by atomic mass is 10.1. The van der Waals surface area contributed by atoms with Gasteiger partial charge in [-0.15, -0.1) is 13.2 Å². The predicted molar refractivity (Wildman–Crippen MR) is 86.7 cm³/mol. The second-order valence-corrected chi connectivity index (χ2v) is 6.58. The molecule has 6 nitrogen and oxygen atoms in total. The molecule has 0 bridgehead atoms. The summed E-state index contributed by atoms with van der Waals surface area (Å²) in [5, 5.41) is 11.5. The molecule has 0 aromatic heterocycles. The zero-order valence-corrected chi connectivity index (χ0v) is 14.7. The molecule has 1 unspecified atom stereocenters. The van der Waals surface area contributed by atoms with Gasteiger partial charge in [0.2, 0.25) is 5.91 Å². The largest absolute Gasteiger partial charge is 0.573 e. The molecule has 9 heteroatoms. The lowest BCUT2D eigenvalue weighted by Crippen LogP contribution is -2.42. The number of ether oxygens (including phenoxy) is 2. The molecular weight excluding hydrogens is 355 g/mol. The number of benzene rings is 1. The van der Waals surface area contributed by atoms with Gasteiger partial charge in [-0.05, 0) is 38.5 Å². The van der Waals surface area contributed by atoms with E-state index in [2.05, 4.69) is 10.1 Å². The summed E-state index contributed by atoms with van der Waals surface area (Å²) in [4.78, 5) is 23.2. The highest BCUT2D eigenvalue weighted by Gasteiger charge is 2.31. The fourth-order valence-corrected chi connectivity index (χ4v) is 1.98. The Hall–Kier alpha value is -2.29. The number of carboxylic acid groups (broad SMARTS) is 1. The fourth-order valence-electron chi connectivity index (χ4n) is 1.98. The number of nitrogens with one attached hydrogen (secondary N) is 1. The number of hydrogen-bond acceptors (Lipinski definition) is 4. The minimum absolute atomic E-state index is 0.0940. The Morgan fingerprint density at radius 1 is 1.15 bits per heavy atom. The van der Waals surface area contributed by atoms with Crippen LogP contribution in [0, 0.1) is 0 Å². The Labute approximate surface area is 149 Å². The van der Waals surface area contributed by atoms with Crippen LogP contribution in [0.3, 0.4) is 0 Å². The van der Waals surface area contributed by atoms with Gasteiger partial charge in [0.05, 0.1) is 12.0 Å². The molecule has 1 aromatic carbocycles. The second-order valence-electron chi connectivity index (χ2n) is 6.58. The van der Waals surface area contributed by atoms with Crippen molar-refractivity contribution in [3.8, 4) is 5.75 Å². The van der Waals surface area contributed by atoms with Crippen LogP contribution in [0.25, 0.3) is 0 Å². The minimum atomic E-state index is -4.79. The van der Waals surface area contributed by atoms with Gasteiger partial charge in [-0.1, -0.05) is 12.1 Å². The van der Waals surface area contributed by atoms with Crippen LogP contribution in [0.15, 0.2) is 24.3 Å². The molecule has 2 N–H and O–H groups in total. The summed E-state index contributed by atoms with van der Waals surface area (Å²) in [6, 6.07) is 3.67. The van der Waals surface area contributed by atoms with Gasteiger partial charge in [0.15, 0.2) is 0 Å². The number of carbonyl (C=O) groups excluding carboxylic acids is 1. The normalized spacial score (nSPS) is 13.2. The number of aliphatic carboxylic acids is 1. The average Bonchev–Trinajstić information content (AvgIpc) is 2.45. The molecule has 1 aromatic rings. The van der Waals surface area contributed by atoms with E-state index in [0.717, 1.165) is 12.1 Å². The van der Waals surface area contributed by atoms with Gasteiger partial charge in [-0.25, -0.2) is 4.79 Å². The van der Waals surface area contributed by atoms with E-state index in [0.29, 0.717) is 5.56 Å². The van der Waals surface area contributed by atoms with E-state index in [4.69, 9.17) is 9.84 Å². The zero-order valence-electron chi connectivity index (χ0n) is 14.7. The molecule has 1 rings (SSSR count). The van der Waals surface area contributed by atoms with Gasteiger partial charge in [0.1, 0.15) is 11.8 Å². The number of alkyl halides is 3. The third kappa shape index (κ3) is 9.26. The molecule has 0 saturated heterocycles.